The molecule has 0 N–H and O–H groups in total. The molecular weight excluding hydrogens is 347 g/mol. The number of carbonyl (C=O) groups excluding carboxylic acids is 2. The lowest BCUT2D eigenvalue weighted by Gasteiger charge is -2.47. The van der Waals surface area contributed by atoms with E-state index in [-0.39, 0.29) is 23.8 Å². The Kier molecular flexibility index (Phi) is 5.88. The van der Waals surface area contributed by atoms with E-state index in [2.05, 4.69) is 0 Å². The van der Waals surface area contributed by atoms with E-state index in [9.17, 15) is 14.0 Å². The molecule has 1 aromatic carbocycles. The first-order valence-electron chi connectivity index (χ1n) is 9.36. The Hall–Kier alpha value is -2.11. The van der Waals surface area contributed by atoms with E-state index in [4.69, 9.17) is 4.74 Å². The van der Waals surface area contributed by atoms with Crippen LogP contribution >= 0.6 is 0 Å². The standard InChI is InChI=1S/C21H31FN2O3/c1-14-12-24(19(26)27-21(5,6)7)17(15-8-10-16(22)11-9-15)13-23(14)18(25)20(2,3)4/h8-11,14,17H,12-13H2,1-7H3. The van der Waals surface area contributed by atoms with Gasteiger partial charge in [0.25, 0.3) is 0 Å². The van der Waals surface area contributed by atoms with Gasteiger partial charge in [-0.25, -0.2) is 9.18 Å². The second-order valence-electron chi connectivity index (χ2n) is 9.26. The molecule has 0 saturated carbocycles. The lowest BCUT2D eigenvalue weighted by molar-refractivity contribution is -0.145. The Morgan fingerprint density at radius 3 is 2.04 bits per heavy atom. The zero-order valence-corrected chi connectivity index (χ0v) is 17.4. The molecule has 0 bridgehead atoms. The predicted molar refractivity (Wildman–Crippen MR) is 103 cm³/mol. The third kappa shape index (κ3) is 5.21. The molecule has 5 nitrogen and oxygen atoms in total. The molecule has 2 amide bonds. The van der Waals surface area contributed by atoms with Gasteiger partial charge in [-0.3, -0.25) is 9.69 Å². The first-order valence-corrected chi connectivity index (χ1v) is 9.36. The van der Waals surface area contributed by atoms with E-state index >= 15 is 0 Å². The summed E-state index contributed by atoms with van der Waals surface area (Å²) >= 11 is 0. The molecule has 1 aliphatic rings. The highest BCUT2D eigenvalue weighted by Gasteiger charge is 2.41. The van der Waals surface area contributed by atoms with Crippen molar-refractivity contribution in [2.24, 2.45) is 5.41 Å². The van der Waals surface area contributed by atoms with Gasteiger partial charge in [0, 0.05) is 24.5 Å². The summed E-state index contributed by atoms with van der Waals surface area (Å²) in [4.78, 5) is 29.2. The zero-order chi connectivity index (χ0) is 20.6. The maximum absolute atomic E-state index is 13.4. The maximum Gasteiger partial charge on any atom is 0.410 e. The lowest BCUT2D eigenvalue weighted by Crippen LogP contribution is -2.59. The summed E-state index contributed by atoms with van der Waals surface area (Å²) in [6.45, 7) is 13.8. The summed E-state index contributed by atoms with van der Waals surface area (Å²) in [5.41, 5.74) is -0.359. The van der Waals surface area contributed by atoms with E-state index in [1.54, 1.807) is 17.0 Å². The lowest BCUT2D eigenvalue weighted by atomic mass is 9.91. The van der Waals surface area contributed by atoms with Crippen molar-refractivity contribution in [2.75, 3.05) is 13.1 Å². The van der Waals surface area contributed by atoms with Gasteiger partial charge in [0.05, 0.1) is 6.04 Å². The van der Waals surface area contributed by atoms with E-state index in [1.807, 2.05) is 53.4 Å². The first kappa shape index (κ1) is 21.2. The molecule has 0 aliphatic carbocycles. The third-order valence-corrected chi connectivity index (χ3v) is 4.52. The van der Waals surface area contributed by atoms with Crippen LogP contribution in [0, 0.1) is 11.2 Å². The molecule has 150 valence electrons. The van der Waals surface area contributed by atoms with Crippen molar-refractivity contribution in [3.63, 3.8) is 0 Å². The van der Waals surface area contributed by atoms with E-state index in [0.717, 1.165) is 5.56 Å². The predicted octanol–water partition coefficient (Wildman–Crippen LogP) is 4.38. The van der Waals surface area contributed by atoms with Crippen molar-refractivity contribution >= 4 is 12.0 Å². The Bertz CT molecular complexity index is 689. The highest BCUT2D eigenvalue weighted by Crippen LogP contribution is 2.32. The molecule has 27 heavy (non-hydrogen) atoms. The Morgan fingerprint density at radius 2 is 1.56 bits per heavy atom. The SMILES string of the molecule is CC1CN(C(=O)OC(C)(C)C)C(c2ccc(F)cc2)CN1C(=O)C(C)(C)C. The fourth-order valence-electron chi connectivity index (χ4n) is 3.18. The highest BCUT2D eigenvalue weighted by molar-refractivity contribution is 5.82. The number of halogens is 1. The fraction of sp³-hybridized carbons (Fsp3) is 0.619. The van der Waals surface area contributed by atoms with Gasteiger partial charge in [-0.1, -0.05) is 32.9 Å². The van der Waals surface area contributed by atoms with Crippen LogP contribution in [0.5, 0.6) is 0 Å². The summed E-state index contributed by atoms with van der Waals surface area (Å²) in [6.07, 6.45) is -0.425. The van der Waals surface area contributed by atoms with Gasteiger partial charge in [-0.15, -0.1) is 0 Å². The summed E-state index contributed by atoms with van der Waals surface area (Å²) in [7, 11) is 0. The van der Waals surface area contributed by atoms with Gasteiger partial charge >= 0.3 is 6.09 Å². The number of hydrogen-bond donors (Lipinski definition) is 0. The number of piperazine rings is 1. The van der Waals surface area contributed by atoms with Crippen LogP contribution in [0.3, 0.4) is 0 Å². The molecule has 2 rings (SSSR count). The molecule has 1 heterocycles. The normalized spacial score (nSPS) is 21.2. The van der Waals surface area contributed by atoms with Crippen LogP contribution in [0.25, 0.3) is 0 Å². The van der Waals surface area contributed by atoms with E-state index < -0.39 is 17.1 Å². The smallest absolute Gasteiger partial charge is 0.410 e. The number of rotatable bonds is 1. The van der Waals surface area contributed by atoms with Gasteiger partial charge in [0.1, 0.15) is 11.4 Å². The van der Waals surface area contributed by atoms with Crippen LogP contribution < -0.4 is 0 Å². The van der Waals surface area contributed by atoms with Gasteiger partial charge in [-0.05, 0) is 45.4 Å². The van der Waals surface area contributed by atoms with E-state index in [0.29, 0.717) is 13.1 Å². The molecule has 2 unspecified atom stereocenters. The van der Waals surface area contributed by atoms with Gasteiger partial charge in [0.15, 0.2) is 0 Å². The largest absolute Gasteiger partial charge is 0.444 e. The second kappa shape index (κ2) is 7.49. The van der Waals surface area contributed by atoms with Crippen LogP contribution in [-0.4, -0.2) is 46.5 Å². The van der Waals surface area contributed by atoms with Crippen molar-refractivity contribution in [3.8, 4) is 0 Å². The zero-order valence-electron chi connectivity index (χ0n) is 17.4. The van der Waals surface area contributed by atoms with Gasteiger partial charge in [-0.2, -0.15) is 0 Å². The molecular formula is C21H31FN2O3. The average Bonchev–Trinajstić information content (AvgIpc) is 2.52. The number of carbonyl (C=O) groups is 2. The molecule has 1 aliphatic heterocycles. The maximum atomic E-state index is 13.4. The number of nitrogens with zero attached hydrogens (tertiary/aromatic N) is 2. The van der Waals surface area contributed by atoms with Crippen molar-refractivity contribution in [1.29, 1.82) is 0 Å². The summed E-state index contributed by atoms with van der Waals surface area (Å²) in [5, 5.41) is 0. The highest BCUT2D eigenvalue weighted by atomic mass is 19.1. The number of benzene rings is 1. The summed E-state index contributed by atoms with van der Waals surface area (Å²) in [5.74, 6) is -0.305. The number of hydrogen-bond acceptors (Lipinski definition) is 3. The number of ether oxygens (including phenoxy) is 1. The minimum absolute atomic E-state index is 0.0333. The van der Waals surface area contributed by atoms with Crippen LogP contribution in [0.4, 0.5) is 9.18 Å². The summed E-state index contributed by atoms with van der Waals surface area (Å²) in [6, 6.07) is 5.54. The minimum atomic E-state index is -0.619. The monoisotopic (exact) mass is 378 g/mol. The molecule has 2 atom stereocenters. The minimum Gasteiger partial charge on any atom is -0.444 e. The Labute approximate surface area is 161 Å². The molecule has 1 aromatic rings. The molecule has 1 fully saturated rings. The van der Waals surface area contributed by atoms with Crippen LogP contribution in [0.2, 0.25) is 0 Å². The van der Waals surface area contributed by atoms with Crippen molar-refractivity contribution in [1.82, 2.24) is 9.80 Å². The van der Waals surface area contributed by atoms with Crippen LogP contribution in [0.1, 0.15) is 60.1 Å². The van der Waals surface area contributed by atoms with Gasteiger partial charge in [0.2, 0.25) is 5.91 Å². The Balaban J connectivity index is 2.37. The molecule has 0 radical (unpaired) electrons. The van der Waals surface area contributed by atoms with Crippen molar-refractivity contribution in [3.05, 3.63) is 35.6 Å². The van der Waals surface area contributed by atoms with Crippen molar-refractivity contribution < 1.29 is 18.7 Å². The van der Waals surface area contributed by atoms with Crippen LogP contribution in [0.15, 0.2) is 24.3 Å². The van der Waals surface area contributed by atoms with Gasteiger partial charge < -0.3 is 9.64 Å². The fourth-order valence-corrected chi connectivity index (χ4v) is 3.18. The average molecular weight is 378 g/mol. The number of amides is 2. The first-order chi connectivity index (χ1) is 12.3. The Morgan fingerprint density at radius 1 is 1.00 bits per heavy atom. The quantitative estimate of drug-likeness (QED) is 0.729. The molecule has 0 aromatic heterocycles. The topological polar surface area (TPSA) is 49.9 Å². The second-order valence-corrected chi connectivity index (χ2v) is 9.26. The van der Waals surface area contributed by atoms with Crippen LogP contribution in [-0.2, 0) is 9.53 Å². The molecule has 6 heteroatoms. The third-order valence-electron chi connectivity index (χ3n) is 4.52. The van der Waals surface area contributed by atoms with Crippen molar-refractivity contribution in [2.45, 2.75) is 66.2 Å². The molecule has 1 saturated heterocycles. The molecule has 0 spiro atoms. The summed E-state index contributed by atoms with van der Waals surface area (Å²) < 4.78 is 19.0. The van der Waals surface area contributed by atoms with E-state index in [1.165, 1.54) is 12.1 Å².